The van der Waals surface area contributed by atoms with Crippen molar-refractivity contribution in [3.05, 3.63) is 48.3 Å². The second kappa shape index (κ2) is 10.0. The highest BCUT2D eigenvalue weighted by molar-refractivity contribution is 7.85. The van der Waals surface area contributed by atoms with E-state index in [9.17, 15) is 8.42 Å². The maximum Gasteiger partial charge on any atom is 0.264 e. The lowest BCUT2D eigenvalue weighted by Crippen LogP contribution is -2.33. The molecule has 2 aromatic carbocycles. The van der Waals surface area contributed by atoms with Crippen molar-refractivity contribution in [2.75, 3.05) is 45.6 Å². The first-order valence-corrected chi connectivity index (χ1v) is 12.9. The topological polar surface area (TPSA) is 106 Å². The van der Waals surface area contributed by atoms with Crippen LogP contribution in [0.5, 0.6) is 11.5 Å². The minimum absolute atomic E-state index is 0.0486. The van der Waals surface area contributed by atoms with Gasteiger partial charge in [-0.15, -0.1) is 0 Å². The van der Waals surface area contributed by atoms with Crippen molar-refractivity contribution in [3.63, 3.8) is 0 Å². The monoisotopic (exact) mass is 499 g/mol. The molecule has 35 heavy (non-hydrogen) atoms. The predicted octanol–water partition coefficient (Wildman–Crippen LogP) is 3.16. The van der Waals surface area contributed by atoms with Gasteiger partial charge in [0.25, 0.3) is 10.1 Å². The van der Waals surface area contributed by atoms with E-state index >= 15 is 0 Å². The number of fused-ring (bicyclic) bond motifs is 1. The molecule has 3 aromatic rings. The molecule has 0 bridgehead atoms. The summed E-state index contributed by atoms with van der Waals surface area (Å²) in [5, 5.41) is 6.17. The molecular weight excluding hydrogens is 470 g/mol. The zero-order valence-corrected chi connectivity index (χ0v) is 21.2. The molecule has 186 valence electrons. The number of methoxy groups -OCH3 is 2. The molecule has 1 aromatic heterocycles. The number of hydrogen-bond donors (Lipinski definition) is 0. The number of aromatic nitrogens is 2. The lowest BCUT2D eigenvalue weighted by atomic mass is 10.1. The largest absolute Gasteiger partial charge is 0.497 e. The molecule has 0 spiro atoms. The van der Waals surface area contributed by atoms with Gasteiger partial charge < -0.3 is 14.4 Å². The first-order chi connectivity index (χ1) is 16.7. The van der Waals surface area contributed by atoms with E-state index in [0.717, 1.165) is 40.9 Å². The van der Waals surface area contributed by atoms with E-state index in [1.165, 1.54) is 0 Å². The minimum Gasteiger partial charge on any atom is -0.497 e. The Labute approximate surface area is 205 Å². The number of nitrogens with zero attached hydrogens (tertiary/aromatic N) is 5. The molecule has 0 aliphatic carbocycles. The van der Waals surface area contributed by atoms with Gasteiger partial charge in [-0.2, -0.15) is 13.5 Å². The van der Waals surface area contributed by atoms with Crippen molar-refractivity contribution < 1.29 is 22.1 Å². The summed E-state index contributed by atoms with van der Waals surface area (Å²) in [6.45, 7) is 2.58. The fourth-order valence-electron chi connectivity index (χ4n) is 3.97. The SMILES string of the molecule is COc1cc(OC)cc(N(c2ccc3ncc(C4C=NN(C)C4)nc3c2)C(C)COS(C)(=O)=O)c1. The van der Waals surface area contributed by atoms with Crippen LogP contribution in [0.25, 0.3) is 11.0 Å². The lowest BCUT2D eigenvalue weighted by Gasteiger charge is -2.31. The van der Waals surface area contributed by atoms with Crippen molar-refractivity contribution in [1.82, 2.24) is 15.0 Å². The molecule has 0 fully saturated rings. The quantitative estimate of drug-likeness (QED) is 0.410. The van der Waals surface area contributed by atoms with E-state index < -0.39 is 10.1 Å². The van der Waals surface area contributed by atoms with Crippen LogP contribution >= 0.6 is 0 Å². The van der Waals surface area contributed by atoms with Gasteiger partial charge in [-0.25, -0.2) is 4.98 Å². The molecule has 1 aliphatic heterocycles. The van der Waals surface area contributed by atoms with Gasteiger partial charge in [-0.1, -0.05) is 0 Å². The zero-order valence-electron chi connectivity index (χ0n) is 20.4. The van der Waals surface area contributed by atoms with E-state index in [-0.39, 0.29) is 18.6 Å². The highest BCUT2D eigenvalue weighted by Gasteiger charge is 2.23. The van der Waals surface area contributed by atoms with Crippen molar-refractivity contribution in [2.24, 2.45) is 5.10 Å². The maximum absolute atomic E-state index is 11.7. The summed E-state index contributed by atoms with van der Waals surface area (Å²) in [4.78, 5) is 11.4. The standard InChI is InChI=1S/C24H29N5O5S/c1-16(15-34-35(5,30)31)29(19-8-20(32-3)11-21(9-19)33-4)18-6-7-22-23(10-18)27-24(13-25-22)17-12-26-28(2)14-17/h6-13,16-17H,14-15H2,1-5H3. The fraction of sp³-hybridized carbons (Fsp3) is 0.375. The third-order valence-corrected chi connectivity index (χ3v) is 6.25. The molecular formula is C24H29N5O5S. The molecule has 2 heterocycles. The van der Waals surface area contributed by atoms with Gasteiger partial charge in [0.05, 0.1) is 55.8 Å². The molecule has 2 atom stereocenters. The molecule has 0 radical (unpaired) electrons. The lowest BCUT2D eigenvalue weighted by molar-refractivity contribution is 0.300. The van der Waals surface area contributed by atoms with Gasteiger partial charge in [0.2, 0.25) is 0 Å². The number of rotatable bonds is 9. The highest BCUT2D eigenvalue weighted by atomic mass is 32.2. The van der Waals surface area contributed by atoms with Gasteiger partial charge in [-0.05, 0) is 25.1 Å². The molecule has 2 unspecified atom stereocenters. The highest BCUT2D eigenvalue weighted by Crippen LogP contribution is 2.35. The maximum atomic E-state index is 11.7. The number of likely N-dealkylation sites (N-methyl/N-ethyl adjacent to an activating group) is 1. The summed E-state index contributed by atoms with van der Waals surface area (Å²) in [7, 11) is 1.47. The van der Waals surface area contributed by atoms with Crippen LogP contribution in [0.15, 0.2) is 47.7 Å². The van der Waals surface area contributed by atoms with E-state index in [4.69, 9.17) is 18.6 Å². The number of hydrogen-bond acceptors (Lipinski definition) is 10. The smallest absolute Gasteiger partial charge is 0.264 e. The Hall–Kier alpha value is -3.44. The van der Waals surface area contributed by atoms with Crippen LogP contribution in [0, 0.1) is 0 Å². The van der Waals surface area contributed by atoms with Crippen molar-refractivity contribution >= 4 is 38.7 Å². The molecule has 0 N–H and O–H groups in total. The predicted molar refractivity (Wildman–Crippen MR) is 135 cm³/mol. The fourth-order valence-corrected chi connectivity index (χ4v) is 4.42. The number of benzene rings is 2. The first-order valence-electron chi connectivity index (χ1n) is 11.1. The van der Waals surface area contributed by atoms with Crippen molar-refractivity contribution in [2.45, 2.75) is 18.9 Å². The van der Waals surface area contributed by atoms with Gasteiger partial charge in [-0.3, -0.25) is 14.2 Å². The van der Waals surface area contributed by atoms with E-state index in [2.05, 4.69) is 10.1 Å². The molecule has 10 nitrogen and oxygen atoms in total. The molecule has 0 saturated heterocycles. The average Bonchev–Trinajstić information content (AvgIpc) is 3.28. The Kier molecular flexibility index (Phi) is 7.08. The Balaban J connectivity index is 1.78. The Morgan fingerprint density at radius 2 is 1.80 bits per heavy atom. The third kappa shape index (κ3) is 5.80. The average molecular weight is 500 g/mol. The summed E-state index contributed by atoms with van der Waals surface area (Å²) in [5.41, 5.74) is 3.86. The molecule has 4 rings (SSSR count). The summed E-state index contributed by atoms with van der Waals surface area (Å²) < 4.78 is 39.4. The van der Waals surface area contributed by atoms with Crippen LogP contribution in [0.3, 0.4) is 0 Å². The van der Waals surface area contributed by atoms with Crippen molar-refractivity contribution in [1.29, 1.82) is 0 Å². The van der Waals surface area contributed by atoms with Crippen LogP contribution in [0.1, 0.15) is 18.5 Å². The van der Waals surface area contributed by atoms with Crippen LogP contribution < -0.4 is 14.4 Å². The second-order valence-corrected chi connectivity index (χ2v) is 10.1. The molecule has 1 aliphatic rings. The normalized spacial score (nSPS) is 16.5. The van der Waals surface area contributed by atoms with E-state index in [0.29, 0.717) is 11.5 Å². The van der Waals surface area contributed by atoms with Crippen LogP contribution in [0.2, 0.25) is 0 Å². The van der Waals surface area contributed by atoms with Crippen LogP contribution in [-0.4, -0.2) is 76.3 Å². The van der Waals surface area contributed by atoms with Crippen molar-refractivity contribution in [3.8, 4) is 11.5 Å². The molecule has 0 saturated carbocycles. The zero-order chi connectivity index (χ0) is 25.2. The minimum atomic E-state index is -3.61. The van der Waals surface area contributed by atoms with Gasteiger partial charge in [0.15, 0.2) is 0 Å². The van der Waals surface area contributed by atoms with Gasteiger partial charge in [0, 0.05) is 55.6 Å². The number of hydrazone groups is 1. The summed E-state index contributed by atoms with van der Waals surface area (Å²) in [6.07, 6.45) is 4.69. The second-order valence-electron chi connectivity index (χ2n) is 8.46. The Bertz CT molecular complexity index is 1330. The van der Waals surface area contributed by atoms with E-state index in [1.807, 2.05) is 60.4 Å². The Morgan fingerprint density at radius 1 is 1.09 bits per heavy atom. The van der Waals surface area contributed by atoms with Crippen LogP contribution in [-0.2, 0) is 14.3 Å². The third-order valence-electron chi connectivity index (χ3n) is 5.69. The number of ether oxygens (including phenoxy) is 2. The van der Waals surface area contributed by atoms with Gasteiger partial charge >= 0.3 is 0 Å². The summed E-state index contributed by atoms with van der Waals surface area (Å²) in [5.74, 6) is 1.28. The summed E-state index contributed by atoms with van der Waals surface area (Å²) >= 11 is 0. The van der Waals surface area contributed by atoms with Gasteiger partial charge in [0.1, 0.15) is 11.5 Å². The summed E-state index contributed by atoms with van der Waals surface area (Å²) in [6, 6.07) is 10.9. The molecule has 11 heteroatoms. The molecule has 0 amide bonds. The Morgan fingerprint density at radius 3 is 2.40 bits per heavy atom. The number of anilines is 2. The first kappa shape index (κ1) is 24.7. The van der Waals surface area contributed by atoms with Crippen LogP contribution in [0.4, 0.5) is 11.4 Å². The van der Waals surface area contributed by atoms with E-state index in [1.54, 1.807) is 26.5 Å².